The minimum Gasteiger partial charge on any atom is -0.461 e. The van der Waals surface area contributed by atoms with Crippen LogP contribution in [0, 0.1) is 6.92 Å². The van der Waals surface area contributed by atoms with Crippen molar-refractivity contribution in [2.24, 2.45) is 0 Å². The number of aromatic nitrogens is 3. The molecule has 3 rings (SSSR count). The zero-order chi connectivity index (χ0) is 15.0. The minimum atomic E-state index is -0.405. The first-order valence-electron chi connectivity index (χ1n) is 6.61. The van der Waals surface area contributed by atoms with Gasteiger partial charge in [0, 0.05) is 15.6 Å². The number of carbonyl (C=O) groups is 1. The Bertz CT molecular complexity index is 820. The normalized spacial score (nSPS) is 11.0. The van der Waals surface area contributed by atoms with Gasteiger partial charge in [-0.25, -0.2) is 14.3 Å². The molecule has 0 radical (unpaired) electrons. The van der Waals surface area contributed by atoms with Crippen LogP contribution in [0.1, 0.15) is 23.0 Å². The van der Waals surface area contributed by atoms with E-state index < -0.39 is 5.97 Å². The second-order valence-corrected chi connectivity index (χ2v) is 5.58. The van der Waals surface area contributed by atoms with Crippen molar-refractivity contribution in [1.29, 1.82) is 0 Å². The Morgan fingerprint density at radius 1 is 1.48 bits per heavy atom. The first kappa shape index (κ1) is 13.9. The Labute approximate surface area is 130 Å². The molecule has 0 saturated heterocycles. The van der Waals surface area contributed by atoms with Crippen LogP contribution < -0.4 is 0 Å². The van der Waals surface area contributed by atoms with E-state index in [0.29, 0.717) is 12.3 Å². The Kier molecular flexibility index (Phi) is 3.55. The summed E-state index contributed by atoms with van der Waals surface area (Å²) in [6.45, 7) is 4.09. The second kappa shape index (κ2) is 5.37. The van der Waals surface area contributed by atoms with Gasteiger partial charge in [0.25, 0.3) is 0 Å². The Morgan fingerprint density at radius 2 is 2.29 bits per heavy atom. The van der Waals surface area contributed by atoms with Gasteiger partial charge in [0.15, 0.2) is 11.3 Å². The van der Waals surface area contributed by atoms with Crippen molar-refractivity contribution in [3.8, 4) is 11.3 Å². The van der Waals surface area contributed by atoms with E-state index in [-0.39, 0.29) is 0 Å². The monoisotopic (exact) mass is 347 g/mol. The van der Waals surface area contributed by atoms with Crippen molar-refractivity contribution >= 4 is 27.5 Å². The number of rotatable bonds is 3. The van der Waals surface area contributed by atoms with Crippen molar-refractivity contribution in [1.82, 2.24) is 14.6 Å². The molecule has 1 N–H and O–H groups in total. The number of carbonyl (C=O) groups excluding carboxylic acids is 1. The van der Waals surface area contributed by atoms with Crippen molar-refractivity contribution < 1.29 is 9.53 Å². The quantitative estimate of drug-likeness (QED) is 0.736. The van der Waals surface area contributed by atoms with E-state index >= 15 is 0 Å². The van der Waals surface area contributed by atoms with E-state index in [1.54, 1.807) is 17.6 Å². The minimum absolute atomic E-state index is 0.312. The van der Waals surface area contributed by atoms with Gasteiger partial charge in [0.1, 0.15) is 0 Å². The zero-order valence-corrected chi connectivity index (χ0v) is 13.3. The van der Waals surface area contributed by atoms with Crippen molar-refractivity contribution in [2.45, 2.75) is 13.8 Å². The van der Waals surface area contributed by atoms with Gasteiger partial charge < -0.3 is 4.74 Å². The van der Waals surface area contributed by atoms with Gasteiger partial charge in [0.2, 0.25) is 0 Å². The lowest BCUT2D eigenvalue weighted by Crippen LogP contribution is -2.04. The predicted octanol–water partition coefficient (Wildman–Crippen LogP) is 3.58. The Morgan fingerprint density at radius 3 is 2.95 bits per heavy atom. The maximum atomic E-state index is 11.7. The van der Waals surface area contributed by atoms with E-state index in [0.717, 1.165) is 26.9 Å². The van der Waals surface area contributed by atoms with Gasteiger partial charge >= 0.3 is 5.97 Å². The maximum absolute atomic E-state index is 11.7. The highest BCUT2D eigenvalue weighted by Crippen LogP contribution is 2.27. The lowest BCUT2D eigenvalue weighted by atomic mass is 10.1. The number of ether oxygens (including phenoxy) is 1. The number of nitrogens with one attached hydrogen (secondary N) is 1. The van der Waals surface area contributed by atoms with Crippen LogP contribution in [-0.2, 0) is 4.74 Å². The number of H-pyrrole nitrogens is 1. The van der Waals surface area contributed by atoms with Gasteiger partial charge in [0.05, 0.1) is 18.5 Å². The predicted molar refractivity (Wildman–Crippen MR) is 83.4 cm³/mol. The van der Waals surface area contributed by atoms with Crippen LogP contribution >= 0.6 is 15.9 Å². The fourth-order valence-electron chi connectivity index (χ4n) is 2.27. The molecule has 6 heteroatoms. The number of aromatic amines is 1. The first-order valence-corrected chi connectivity index (χ1v) is 7.40. The third-order valence-electron chi connectivity index (χ3n) is 3.25. The van der Waals surface area contributed by atoms with E-state index in [9.17, 15) is 4.79 Å². The number of imidazole rings is 1. The molecule has 2 heterocycles. The van der Waals surface area contributed by atoms with Gasteiger partial charge in [-0.1, -0.05) is 28.1 Å². The largest absolute Gasteiger partial charge is 0.461 e. The number of benzene rings is 1. The summed E-state index contributed by atoms with van der Waals surface area (Å²) in [4.78, 5) is 16.0. The van der Waals surface area contributed by atoms with Crippen LogP contribution in [0.3, 0.4) is 0 Å². The maximum Gasteiger partial charge on any atom is 0.358 e. The lowest BCUT2D eigenvalue weighted by molar-refractivity contribution is 0.0520. The molecule has 0 bridgehead atoms. The highest BCUT2D eigenvalue weighted by Gasteiger charge is 2.17. The molecule has 0 spiro atoms. The highest BCUT2D eigenvalue weighted by atomic mass is 79.9. The van der Waals surface area contributed by atoms with Crippen LogP contribution in [0.2, 0.25) is 0 Å². The van der Waals surface area contributed by atoms with Gasteiger partial charge in [-0.2, -0.15) is 0 Å². The summed E-state index contributed by atoms with van der Waals surface area (Å²) >= 11 is 3.47. The van der Waals surface area contributed by atoms with E-state index in [2.05, 4.69) is 26.0 Å². The Hall–Kier alpha value is -2.08. The van der Waals surface area contributed by atoms with Crippen LogP contribution in [0.25, 0.3) is 16.9 Å². The number of nitrogens with zero attached hydrogens (tertiary/aromatic N) is 2. The summed E-state index contributed by atoms with van der Waals surface area (Å²) in [5, 5.41) is 3.25. The van der Waals surface area contributed by atoms with Gasteiger partial charge in [-0.15, -0.1) is 0 Å². The number of halogens is 1. The molecule has 21 heavy (non-hydrogen) atoms. The Balaban J connectivity index is 2.06. The van der Waals surface area contributed by atoms with Gasteiger partial charge in [-0.05, 0) is 26.0 Å². The fraction of sp³-hybridized carbons (Fsp3) is 0.200. The average molecular weight is 348 g/mol. The van der Waals surface area contributed by atoms with Gasteiger partial charge in [-0.3, -0.25) is 5.10 Å². The number of esters is 1. The third kappa shape index (κ3) is 2.47. The summed E-state index contributed by atoms with van der Waals surface area (Å²) in [5.41, 5.74) is 4.07. The SMILES string of the molecule is CCOC(=O)c1cn2[nH]c(-c3cccc(Br)c3)c(C)c2n1. The standard InChI is InChI=1S/C15H14BrN3O2/c1-3-21-15(20)12-8-19-14(17-12)9(2)13(18-19)10-5-4-6-11(16)7-10/h4-8,18H,3H2,1-2H3. The molecule has 0 unspecified atom stereocenters. The molecule has 0 amide bonds. The van der Waals surface area contributed by atoms with E-state index in [4.69, 9.17) is 4.74 Å². The molecule has 0 aliphatic rings. The topological polar surface area (TPSA) is 59.4 Å². The number of aryl methyl sites for hydroxylation is 1. The van der Waals surface area contributed by atoms with Crippen LogP contribution in [0.4, 0.5) is 0 Å². The summed E-state index contributed by atoms with van der Waals surface area (Å²) < 4.78 is 7.72. The van der Waals surface area contributed by atoms with Crippen molar-refractivity contribution in [2.75, 3.05) is 6.61 Å². The summed E-state index contributed by atoms with van der Waals surface area (Å²) in [5.74, 6) is -0.405. The second-order valence-electron chi connectivity index (χ2n) is 4.66. The van der Waals surface area contributed by atoms with Crippen LogP contribution in [0.5, 0.6) is 0 Å². The molecule has 0 aliphatic carbocycles. The third-order valence-corrected chi connectivity index (χ3v) is 3.74. The van der Waals surface area contributed by atoms with Crippen molar-refractivity contribution in [3.63, 3.8) is 0 Å². The summed E-state index contributed by atoms with van der Waals surface area (Å²) in [7, 11) is 0. The highest BCUT2D eigenvalue weighted by molar-refractivity contribution is 9.10. The number of hydrogen-bond donors (Lipinski definition) is 1. The van der Waals surface area contributed by atoms with Crippen LogP contribution in [-0.4, -0.2) is 27.2 Å². The molecule has 3 aromatic rings. The van der Waals surface area contributed by atoms with E-state index in [1.807, 2.05) is 31.2 Å². The molecule has 0 aliphatic heterocycles. The summed E-state index contributed by atoms with van der Waals surface area (Å²) in [6.07, 6.45) is 1.65. The van der Waals surface area contributed by atoms with E-state index in [1.165, 1.54) is 0 Å². The van der Waals surface area contributed by atoms with Crippen LogP contribution in [0.15, 0.2) is 34.9 Å². The lowest BCUT2D eigenvalue weighted by Gasteiger charge is -2.00. The zero-order valence-electron chi connectivity index (χ0n) is 11.7. The summed E-state index contributed by atoms with van der Waals surface area (Å²) in [6, 6.07) is 8.01. The number of hydrogen-bond acceptors (Lipinski definition) is 3. The molecule has 108 valence electrons. The molecule has 0 atom stereocenters. The molecular formula is C15H14BrN3O2. The smallest absolute Gasteiger partial charge is 0.358 e. The fourth-order valence-corrected chi connectivity index (χ4v) is 2.67. The molecule has 5 nitrogen and oxygen atoms in total. The van der Waals surface area contributed by atoms with Crippen molar-refractivity contribution in [3.05, 3.63) is 46.2 Å². The molecular weight excluding hydrogens is 334 g/mol. The first-order chi connectivity index (χ1) is 10.1. The molecule has 2 aromatic heterocycles. The average Bonchev–Trinajstić information content (AvgIpc) is 2.99. The number of fused-ring (bicyclic) bond motifs is 1. The molecule has 1 aromatic carbocycles. The molecule has 0 fully saturated rings. The molecule has 0 saturated carbocycles.